The van der Waals surface area contributed by atoms with Crippen molar-refractivity contribution >= 4 is 11.6 Å². The van der Waals surface area contributed by atoms with E-state index in [1.165, 1.54) is 31.2 Å². The maximum Gasteiger partial charge on any atom is 0.0976 e. The molecule has 1 aromatic rings. The minimum Gasteiger partial charge on any atom is -0.370 e. The molecule has 2 unspecified atom stereocenters. The number of rotatable bonds is 1. The fourth-order valence-electron chi connectivity index (χ4n) is 3.37. The van der Waals surface area contributed by atoms with E-state index < -0.39 is 0 Å². The summed E-state index contributed by atoms with van der Waals surface area (Å²) in [5, 5.41) is 4.58. The van der Waals surface area contributed by atoms with Gasteiger partial charge in [-0.05, 0) is 37.5 Å². The van der Waals surface area contributed by atoms with E-state index in [1.54, 1.807) is 0 Å². The van der Waals surface area contributed by atoms with Crippen LogP contribution in [0.15, 0.2) is 24.3 Å². The van der Waals surface area contributed by atoms with Crippen molar-refractivity contribution in [1.82, 2.24) is 5.32 Å². The minimum atomic E-state index is 0.147. The summed E-state index contributed by atoms with van der Waals surface area (Å²) in [7, 11) is 0. The summed E-state index contributed by atoms with van der Waals surface area (Å²) in [4.78, 5) is 0. The van der Waals surface area contributed by atoms with Gasteiger partial charge < -0.3 is 10.1 Å². The summed E-state index contributed by atoms with van der Waals surface area (Å²) < 4.78 is 6.15. The largest absolute Gasteiger partial charge is 0.370 e. The van der Waals surface area contributed by atoms with Gasteiger partial charge in [-0.25, -0.2) is 0 Å². The molecule has 1 saturated carbocycles. The Morgan fingerprint density at radius 2 is 1.89 bits per heavy atom. The van der Waals surface area contributed by atoms with E-state index in [9.17, 15) is 0 Å². The average molecular weight is 266 g/mol. The van der Waals surface area contributed by atoms with E-state index in [0.717, 1.165) is 11.6 Å². The molecule has 2 aliphatic rings. The first-order chi connectivity index (χ1) is 8.69. The predicted molar refractivity (Wildman–Crippen MR) is 73.9 cm³/mol. The number of hydrogen-bond donors (Lipinski definition) is 1. The van der Waals surface area contributed by atoms with Crippen LogP contribution in [0.5, 0.6) is 0 Å². The van der Waals surface area contributed by atoms with Gasteiger partial charge in [0.25, 0.3) is 0 Å². The van der Waals surface area contributed by atoms with Crippen LogP contribution < -0.4 is 5.32 Å². The first kappa shape index (κ1) is 12.5. The summed E-state index contributed by atoms with van der Waals surface area (Å²) in [5.41, 5.74) is 1.47. The highest BCUT2D eigenvalue weighted by Gasteiger charge is 2.41. The smallest absolute Gasteiger partial charge is 0.0976 e. The Hall–Kier alpha value is -0.570. The molecule has 2 fully saturated rings. The molecule has 1 N–H and O–H groups in total. The lowest BCUT2D eigenvalue weighted by Gasteiger charge is -2.43. The maximum absolute atomic E-state index is 6.15. The molecule has 1 spiro atoms. The van der Waals surface area contributed by atoms with Crippen molar-refractivity contribution in [2.75, 3.05) is 6.61 Å². The summed E-state index contributed by atoms with van der Waals surface area (Å²) in [6.07, 6.45) is 5.31. The zero-order valence-corrected chi connectivity index (χ0v) is 11.5. The molecule has 3 rings (SSSR count). The Morgan fingerprint density at radius 1 is 1.22 bits per heavy atom. The Bertz CT molecular complexity index is 411. The van der Waals surface area contributed by atoms with Crippen molar-refractivity contribution in [2.45, 2.75) is 50.3 Å². The third-order valence-electron chi connectivity index (χ3n) is 4.29. The molecule has 2 atom stereocenters. The van der Waals surface area contributed by atoms with Crippen molar-refractivity contribution in [3.8, 4) is 0 Å². The maximum atomic E-state index is 6.15. The Morgan fingerprint density at radius 3 is 2.50 bits per heavy atom. The van der Waals surface area contributed by atoms with Crippen LogP contribution in [0.4, 0.5) is 0 Å². The fraction of sp³-hybridized carbons (Fsp3) is 0.600. The second-order valence-corrected chi connectivity index (χ2v) is 6.14. The Labute approximate surface area is 114 Å². The van der Waals surface area contributed by atoms with Crippen molar-refractivity contribution in [3.05, 3.63) is 34.9 Å². The van der Waals surface area contributed by atoms with Gasteiger partial charge in [0.05, 0.1) is 12.7 Å². The number of halogens is 1. The highest BCUT2D eigenvalue weighted by Crippen LogP contribution is 2.37. The molecule has 0 aromatic heterocycles. The quantitative estimate of drug-likeness (QED) is 0.836. The van der Waals surface area contributed by atoms with Gasteiger partial charge in [0.2, 0.25) is 0 Å². The van der Waals surface area contributed by atoms with Gasteiger partial charge in [-0.2, -0.15) is 0 Å². The molecule has 18 heavy (non-hydrogen) atoms. The molecule has 1 aliphatic carbocycles. The standard InChI is InChI=1S/C15H20ClNO/c1-11-14(12-4-6-13(16)7-5-12)18-10-15(17-11)8-2-3-9-15/h4-7,11,14,17H,2-3,8-10H2,1H3. The second kappa shape index (κ2) is 4.84. The van der Waals surface area contributed by atoms with Crippen molar-refractivity contribution in [2.24, 2.45) is 0 Å². The summed E-state index contributed by atoms with van der Waals surface area (Å²) in [6, 6.07) is 8.37. The van der Waals surface area contributed by atoms with Gasteiger partial charge in [0.1, 0.15) is 0 Å². The van der Waals surface area contributed by atoms with Gasteiger partial charge in [-0.3, -0.25) is 0 Å². The molecular formula is C15H20ClNO. The van der Waals surface area contributed by atoms with Gasteiger partial charge in [-0.1, -0.05) is 36.6 Å². The molecule has 0 amide bonds. The molecule has 0 bridgehead atoms. The Kier molecular flexibility index (Phi) is 3.35. The Balaban J connectivity index is 1.74. The van der Waals surface area contributed by atoms with Crippen LogP contribution in [-0.4, -0.2) is 18.2 Å². The van der Waals surface area contributed by atoms with Crippen LogP contribution >= 0.6 is 11.6 Å². The molecular weight excluding hydrogens is 246 g/mol. The average Bonchev–Trinajstić information content (AvgIpc) is 2.79. The third-order valence-corrected chi connectivity index (χ3v) is 4.54. The first-order valence-electron chi connectivity index (χ1n) is 6.83. The van der Waals surface area contributed by atoms with Crippen molar-refractivity contribution < 1.29 is 4.74 Å². The molecule has 1 heterocycles. The number of benzene rings is 1. The van der Waals surface area contributed by atoms with Crippen LogP contribution in [0, 0.1) is 0 Å². The molecule has 0 radical (unpaired) electrons. The summed E-state index contributed by atoms with van der Waals surface area (Å²) in [5.74, 6) is 0. The normalized spacial score (nSPS) is 30.8. The molecule has 1 aliphatic heterocycles. The predicted octanol–water partition coefficient (Wildman–Crippen LogP) is 3.70. The van der Waals surface area contributed by atoms with Crippen LogP contribution in [0.25, 0.3) is 0 Å². The highest BCUT2D eigenvalue weighted by molar-refractivity contribution is 6.30. The monoisotopic (exact) mass is 265 g/mol. The van der Waals surface area contributed by atoms with Crippen molar-refractivity contribution in [3.63, 3.8) is 0 Å². The fourth-order valence-corrected chi connectivity index (χ4v) is 3.50. The second-order valence-electron chi connectivity index (χ2n) is 5.70. The minimum absolute atomic E-state index is 0.147. The van der Waals surface area contributed by atoms with Crippen LogP contribution in [-0.2, 0) is 4.74 Å². The van der Waals surface area contributed by atoms with Gasteiger partial charge >= 0.3 is 0 Å². The lowest BCUT2D eigenvalue weighted by Crippen LogP contribution is -2.57. The van der Waals surface area contributed by atoms with Gasteiger partial charge in [0, 0.05) is 16.6 Å². The lowest BCUT2D eigenvalue weighted by atomic mass is 9.91. The molecule has 2 nitrogen and oxygen atoms in total. The lowest BCUT2D eigenvalue weighted by molar-refractivity contribution is -0.0587. The van der Waals surface area contributed by atoms with E-state index in [1.807, 2.05) is 12.1 Å². The molecule has 3 heteroatoms. The van der Waals surface area contributed by atoms with E-state index >= 15 is 0 Å². The van der Waals surface area contributed by atoms with E-state index in [2.05, 4.69) is 24.4 Å². The zero-order valence-electron chi connectivity index (χ0n) is 10.8. The third kappa shape index (κ3) is 2.29. The van der Waals surface area contributed by atoms with Gasteiger partial charge in [-0.15, -0.1) is 0 Å². The van der Waals surface area contributed by atoms with E-state index in [0.29, 0.717) is 6.04 Å². The topological polar surface area (TPSA) is 21.3 Å². The van der Waals surface area contributed by atoms with Crippen LogP contribution in [0.1, 0.15) is 44.3 Å². The SMILES string of the molecule is CC1NC2(CCCC2)COC1c1ccc(Cl)cc1. The number of ether oxygens (including phenoxy) is 1. The zero-order chi connectivity index (χ0) is 12.6. The van der Waals surface area contributed by atoms with Gasteiger partial charge in [0.15, 0.2) is 0 Å². The number of nitrogens with one attached hydrogen (secondary N) is 1. The summed E-state index contributed by atoms with van der Waals surface area (Å²) in [6.45, 7) is 3.06. The summed E-state index contributed by atoms with van der Waals surface area (Å²) >= 11 is 5.93. The van der Waals surface area contributed by atoms with E-state index in [-0.39, 0.29) is 11.6 Å². The number of hydrogen-bond acceptors (Lipinski definition) is 2. The van der Waals surface area contributed by atoms with Crippen LogP contribution in [0.2, 0.25) is 5.02 Å². The van der Waals surface area contributed by atoms with E-state index in [4.69, 9.17) is 16.3 Å². The highest BCUT2D eigenvalue weighted by atomic mass is 35.5. The number of morpholine rings is 1. The van der Waals surface area contributed by atoms with Crippen LogP contribution in [0.3, 0.4) is 0 Å². The van der Waals surface area contributed by atoms with Crippen molar-refractivity contribution in [1.29, 1.82) is 0 Å². The first-order valence-corrected chi connectivity index (χ1v) is 7.21. The molecule has 1 aromatic carbocycles. The molecule has 98 valence electrons. The molecule has 1 saturated heterocycles.